The maximum Gasteiger partial charge on any atom is 0.145 e. The second-order valence-electron chi connectivity index (χ2n) is 14.6. The highest BCUT2D eigenvalue weighted by Crippen LogP contribution is 2.46. The van der Waals surface area contributed by atoms with Gasteiger partial charge in [-0.15, -0.1) is 0 Å². The molecule has 0 aliphatic carbocycles. The van der Waals surface area contributed by atoms with Gasteiger partial charge in [-0.2, -0.15) is 0 Å². The van der Waals surface area contributed by atoms with E-state index < -0.39 is 0 Å². The van der Waals surface area contributed by atoms with E-state index in [2.05, 4.69) is 233 Å². The molecule has 0 aliphatic rings. The Morgan fingerprint density at radius 3 is 1.36 bits per heavy atom. The molecule has 0 aliphatic heterocycles. The van der Waals surface area contributed by atoms with Crippen LogP contribution < -0.4 is 9.80 Å². The summed E-state index contributed by atoms with van der Waals surface area (Å²) in [5.74, 6) is 0. The van der Waals surface area contributed by atoms with Crippen LogP contribution in [0.25, 0.3) is 60.6 Å². The topological polar surface area (TPSA) is 24.6 Å². The summed E-state index contributed by atoms with van der Waals surface area (Å²) in [6.07, 6.45) is 0. The maximum atomic E-state index is 6.76. The number of furan rings is 1. The summed E-state index contributed by atoms with van der Waals surface area (Å²) in [4.78, 5) is 4.70. The Balaban J connectivity index is 1.26. The highest BCUT2D eigenvalue weighted by molar-refractivity contribution is 6.24. The SMILES string of the molecule is c1ccc(-c2ccc3c4c5oc6ccccc6c5ccc4n(-c4cc(N(c5ccccc5)c5ccccc5)cc(N(c5ccccc5)c5ccccc5)c4)c3c2)cc1. The Hall–Kier alpha value is -7.82. The Kier molecular flexibility index (Phi) is 8.11. The van der Waals surface area contributed by atoms with Crippen LogP contribution in [0.1, 0.15) is 0 Å². The van der Waals surface area contributed by atoms with Gasteiger partial charge in [-0.3, -0.25) is 0 Å². The molecule has 0 N–H and O–H groups in total. The van der Waals surface area contributed by atoms with Gasteiger partial charge in [0.15, 0.2) is 0 Å². The average Bonchev–Trinajstić information content (AvgIpc) is 3.84. The Morgan fingerprint density at radius 1 is 0.328 bits per heavy atom. The summed E-state index contributed by atoms with van der Waals surface area (Å²) in [7, 11) is 0. The quantitative estimate of drug-likeness (QED) is 0.155. The monoisotopic (exact) mass is 743 g/mol. The molecule has 0 unspecified atom stereocenters. The van der Waals surface area contributed by atoms with Crippen molar-refractivity contribution in [3.05, 3.63) is 224 Å². The van der Waals surface area contributed by atoms with Crippen LogP contribution in [0.15, 0.2) is 229 Å². The number of benzene rings is 9. The fourth-order valence-corrected chi connectivity index (χ4v) is 8.54. The first-order chi connectivity index (χ1) is 28.8. The van der Waals surface area contributed by atoms with E-state index in [4.69, 9.17) is 4.42 Å². The van der Waals surface area contributed by atoms with E-state index >= 15 is 0 Å². The van der Waals surface area contributed by atoms with E-state index in [0.29, 0.717) is 0 Å². The second-order valence-corrected chi connectivity index (χ2v) is 14.6. The van der Waals surface area contributed by atoms with E-state index in [-0.39, 0.29) is 0 Å². The van der Waals surface area contributed by atoms with Crippen LogP contribution >= 0.6 is 0 Å². The summed E-state index contributed by atoms with van der Waals surface area (Å²) in [5.41, 5.74) is 13.7. The fraction of sp³-hybridized carbons (Fsp3) is 0. The minimum atomic E-state index is 0.888. The van der Waals surface area contributed by atoms with Crippen molar-refractivity contribution in [3.63, 3.8) is 0 Å². The average molecular weight is 744 g/mol. The standard InChI is InChI=1S/C54H37N3O/c1-6-18-38(19-7-1)39-30-31-49-51(34-39)57(50-33-32-48-47-28-16-17-29-52(47)58-54(48)53(49)50)46-36-44(55(40-20-8-2-9-21-40)41-22-10-3-11-23-41)35-45(37-46)56(42-24-12-4-13-25-42)43-26-14-5-15-27-43/h1-37H. The van der Waals surface area contributed by atoms with Gasteiger partial charge in [0.05, 0.1) is 33.5 Å². The van der Waals surface area contributed by atoms with Gasteiger partial charge < -0.3 is 18.8 Å². The molecule has 0 saturated heterocycles. The lowest BCUT2D eigenvalue weighted by molar-refractivity contribution is 0.673. The van der Waals surface area contributed by atoms with Gasteiger partial charge in [0, 0.05) is 38.9 Å². The van der Waals surface area contributed by atoms with Crippen LogP contribution in [0.5, 0.6) is 0 Å². The molecule has 0 saturated carbocycles. The van der Waals surface area contributed by atoms with Crippen molar-refractivity contribution in [3.8, 4) is 16.8 Å². The summed E-state index contributed by atoms with van der Waals surface area (Å²) < 4.78 is 9.19. The first-order valence-corrected chi connectivity index (χ1v) is 19.7. The molecule has 0 atom stereocenters. The number of aromatic nitrogens is 1. The molecule has 11 aromatic rings. The van der Waals surface area contributed by atoms with E-state index in [1.54, 1.807) is 0 Å². The smallest absolute Gasteiger partial charge is 0.145 e. The number of hydrogen-bond donors (Lipinski definition) is 0. The summed E-state index contributed by atoms with van der Waals surface area (Å²) in [6.45, 7) is 0. The number of para-hydroxylation sites is 5. The van der Waals surface area contributed by atoms with Crippen molar-refractivity contribution in [2.24, 2.45) is 0 Å². The number of anilines is 6. The molecule has 2 heterocycles. The molecular weight excluding hydrogens is 707 g/mol. The van der Waals surface area contributed by atoms with Crippen LogP contribution in [-0.4, -0.2) is 4.57 Å². The summed E-state index contributed by atoms with van der Waals surface area (Å²) in [5, 5.41) is 4.47. The molecule has 9 aromatic carbocycles. The minimum Gasteiger partial charge on any atom is -0.455 e. The second kappa shape index (κ2) is 14.0. The van der Waals surface area contributed by atoms with Crippen molar-refractivity contribution in [2.75, 3.05) is 9.80 Å². The Morgan fingerprint density at radius 2 is 0.810 bits per heavy atom. The highest BCUT2D eigenvalue weighted by Gasteiger charge is 2.23. The van der Waals surface area contributed by atoms with Gasteiger partial charge in [-0.25, -0.2) is 0 Å². The molecule has 0 radical (unpaired) electrons. The van der Waals surface area contributed by atoms with Gasteiger partial charge in [-0.1, -0.05) is 133 Å². The van der Waals surface area contributed by atoms with E-state index in [0.717, 1.165) is 89.1 Å². The van der Waals surface area contributed by atoms with Crippen LogP contribution in [0.4, 0.5) is 34.1 Å². The Bertz CT molecular complexity index is 3030. The summed E-state index contributed by atoms with van der Waals surface area (Å²) in [6, 6.07) is 79.8. The summed E-state index contributed by atoms with van der Waals surface area (Å²) >= 11 is 0. The molecule has 0 amide bonds. The van der Waals surface area contributed by atoms with Crippen LogP contribution in [-0.2, 0) is 0 Å². The molecule has 58 heavy (non-hydrogen) atoms. The minimum absolute atomic E-state index is 0.888. The number of rotatable bonds is 8. The van der Waals surface area contributed by atoms with Gasteiger partial charge in [-0.05, 0) is 102 Å². The molecule has 0 bridgehead atoms. The largest absolute Gasteiger partial charge is 0.455 e. The van der Waals surface area contributed by atoms with Gasteiger partial charge in [0.25, 0.3) is 0 Å². The molecule has 4 nitrogen and oxygen atoms in total. The predicted octanol–water partition coefficient (Wildman–Crippen LogP) is 15.3. The molecule has 2 aromatic heterocycles. The number of fused-ring (bicyclic) bond motifs is 7. The normalized spacial score (nSPS) is 11.4. The van der Waals surface area contributed by atoms with Crippen LogP contribution in [0, 0.1) is 0 Å². The molecule has 0 spiro atoms. The van der Waals surface area contributed by atoms with E-state index in [9.17, 15) is 0 Å². The fourth-order valence-electron chi connectivity index (χ4n) is 8.54. The molecule has 0 fully saturated rings. The number of hydrogen-bond acceptors (Lipinski definition) is 3. The van der Waals surface area contributed by atoms with E-state index in [1.807, 2.05) is 6.07 Å². The van der Waals surface area contributed by atoms with Crippen molar-refractivity contribution in [2.45, 2.75) is 0 Å². The molecular formula is C54H37N3O. The third-order valence-electron chi connectivity index (χ3n) is 11.1. The molecule has 274 valence electrons. The van der Waals surface area contributed by atoms with Crippen molar-refractivity contribution in [1.82, 2.24) is 4.57 Å². The third-order valence-corrected chi connectivity index (χ3v) is 11.1. The predicted molar refractivity (Wildman–Crippen MR) is 243 cm³/mol. The van der Waals surface area contributed by atoms with Gasteiger partial charge >= 0.3 is 0 Å². The lowest BCUT2D eigenvalue weighted by Gasteiger charge is -2.30. The zero-order valence-electron chi connectivity index (χ0n) is 31.6. The maximum absolute atomic E-state index is 6.76. The zero-order valence-corrected chi connectivity index (χ0v) is 31.6. The molecule has 4 heteroatoms. The van der Waals surface area contributed by atoms with Crippen molar-refractivity contribution in [1.29, 1.82) is 0 Å². The molecule has 11 rings (SSSR count). The third kappa shape index (κ3) is 5.70. The highest BCUT2D eigenvalue weighted by atomic mass is 16.3. The van der Waals surface area contributed by atoms with E-state index in [1.165, 1.54) is 5.56 Å². The lowest BCUT2D eigenvalue weighted by atomic mass is 10.0. The lowest BCUT2D eigenvalue weighted by Crippen LogP contribution is -2.14. The first kappa shape index (κ1) is 33.5. The number of nitrogens with zero attached hydrogens (tertiary/aromatic N) is 3. The zero-order chi connectivity index (χ0) is 38.4. The van der Waals surface area contributed by atoms with Crippen molar-refractivity contribution >= 4 is 77.9 Å². The van der Waals surface area contributed by atoms with Gasteiger partial charge in [0.2, 0.25) is 0 Å². The van der Waals surface area contributed by atoms with Crippen molar-refractivity contribution < 1.29 is 4.42 Å². The first-order valence-electron chi connectivity index (χ1n) is 19.7. The Labute approximate surface area is 336 Å². The van der Waals surface area contributed by atoms with Crippen LogP contribution in [0.3, 0.4) is 0 Å². The van der Waals surface area contributed by atoms with Crippen LogP contribution in [0.2, 0.25) is 0 Å². The van der Waals surface area contributed by atoms with Gasteiger partial charge in [0.1, 0.15) is 11.2 Å².